The predicted octanol–water partition coefficient (Wildman–Crippen LogP) is 4.23. The van der Waals surface area contributed by atoms with E-state index >= 15 is 0 Å². The molecule has 1 saturated heterocycles. The summed E-state index contributed by atoms with van der Waals surface area (Å²) in [5.74, 6) is 1.11. The zero-order valence-electron chi connectivity index (χ0n) is 22.4. The van der Waals surface area contributed by atoms with Crippen LogP contribution in [0.3, 0.4) is 0 Å². The largest absolute Gasteiger partial charge is 0.495 e. The number of allylic oxidation sites excluding steroid dienone is 2. The number of benzene rings is 1. The smallest absolute Gasteiger partial charge is 0.142 e. The summed E-state index contributed by atoms with van der Waals surface area (Å²) in [6.07, 6.45) is 10.4. The third-order valence-electron chi connectivity index (χ3n) is 6.06. The van der Waals surface area contributed by atoms with Gasteiger partial charge in [-0.15, -0.1) is 0 Å². The number of anilines is 1. The lowest BCUT2D eigenvalue weighted by Crippen LogP contribution is -2.34. The summed E-state index contributed by atoms with van der Waals surface area (Å²) in [4.78, 5) is 15.5. The Morgan fingerprint density at radius 1 is 1.29 bits per heavy atom. The maximum atomic E-state index is 9.07. The molecule has 9 heteroatoms. The number of methoxy groups -OCH3 is 1. The van der Waals surface area contributed by atoms with E-state index in [4.69, 9.17) is 20.7 Å². The first kappa shape index (κ1) is 29.6. The number of amidine groups is 1. The SMILES string of the molecule is C=CC(=C)N1CCC(N=CC(=CN)NCN=C(Nc2c(C)cc(CC#N)cc2OC)/C(C=C)=C\N=C)CC1. The Hall–Kier alpha value is -4.58. The third kappa shape index (κ3) is 8.52. The Kier molecular flexibility index (Phi) is 12.1. The Morgan fingerprint density at radius 2 is 2.03 bits per heavy atom. The monoisotopic (exact) mass is 514 g/mol. The quantitative estimate of drug-likeness (QED) is 0.206. The summed E-state index contributed by atoms with van der Waals surface area (Å²) in [5, 5.41) is 15.6. The molecular weight excluding hydrogens is 476 g/mol. The second-order valence-corrected chi connectivity index (χ2v) is 8.58. The molecule has 0 aliphatic carbocycles. The number of rotatable bonds is 13. The van der Waals surface area contributed by atoms with Gasteiger partial charge >= 0.3 is 0 Å². The Morgan fingerprint density at radius 3 is 2.61 bits per heavy atom. The molecule has 0 unspecified atom stereocenters. The lowest BCUT2D eigenvalue weighted by molar-refractivity contribution is 0.273. The van der Waals surface area contributed by atoms with Crippen LogP contribution in [0.5, 0.6) is 5.75 Å². The van der Waals surface area contributed by atoms with Crippen molar-refractivity contribution in [1.82, 2.24) is 10.2 Å². The molecule has 1 aliphatic rings. The Labute approximate surface area is 226 Å². The number of ether oxygens (including phenoxy) is 1. The van der Waals surface area contributed by atoms with Crippen molar-refractivity contribution < 1.29 is 4.74 Å². The molecule has 0 bridgehead atoms. The van der Waals surface area contributed by atoms with E-state index in [1.807, 2.05) is 19.1 Å². The van der Waals surface area contributed by atoms with Gasteiger partial charge in [0.2, 0.25) is 0 Å². The molecule has 0 radical (unpaired) electrons. The molecule has 0 amide bonds. The zero-order valence-corrected chi connectivity index (χ0v) is 22.4. The zero-order chi connectivity index (χ0) is 27.9. The molecule has 0 saturated carbocycles. The molecule has 1 aromatic rings. The minimum atomic E-state index is 0.213. The van der Waals surface area contributed by atoms with Crippen LogP contribution in [0.1, 0.15) is 24.0 Å². The highest BCUT2D eigenvalue weighted by atomic mass is 16.5. The van der Waals surface area contributed by atoms with Crippen LogP contribution in [0.4, 0.5) is 5.69 Å². The molecule has 2 rings (SSSR count). The lowest BCUT2D eigenvalue weighted by atomic mass is 10.1. The molecule has 0 aromatic heterocycles. The van der Waals surface area contributed by atoms with Gasteiger partial charge in [-0.3, -0.25) is 9.98 Å². The standard InChI is InChI=1S/C29H38N8O/c1-7-22(4)37-13-10-25(11-14-37)33-19-26(17-31)34-20-35-29(24(8-2)18-32-5)36-28-21(3)15-23(9-12-30)16-27(28)38-6/h7-8,15-19,25,34H,1-2,4-5,9-11,13-14,20,31H2,3,6H3,(H,35,36)/b24-18-,26-17?,33-19?. The molecule has 1 aromatic carbocycles. The van der Waals surface area contributed by atoms with Gasteiger partial charge in [0.15, 0.2) is 0 Å². The maximum absolute atomic E-state index is 9.07. The fraction of sp³-hybridized carbons (Fsp3) is 0.310. The summed E-state index contributed by atoms with van der Waals surface area (Å²) in [6, 6.07) is 6.16. The number of piperidine rings is 1. The highest BCUT2D eigenvalue weighted by Crippen LogP contribution is 2.31. The second kappa shape index (κ2) is 15.5. The van der Waals surface area contributed by atoms with Crippen molar-refractivity contribution in [2.24, 2.45) is 20.7 Å². The highest BCUT2D eigenvalue weighted by Gasteiger charge is 2.18. The number of aryl methyl sites for hydroxylation is 1. The van der Waals surface area contributed by atoms with Crippen LogP contribution in [0, 0.1) is 18.3 Å². The van der Waals surface area contributed by atoms with Crippen molar-refractivity contribution in [1.29, 1.82) is 5.26 Å². The Balaban J connectivity index is 2.16. The van der Waals surface area contributed by atoms with Crippen LogP contribution in [0.2, 0.25) is 0 Å². The van der Waals surface area contributed by atoms with E-state index < -0.39 is 0 Å². The summed E-state index contributed by atoms with van der Waals surface area (Å²) in [5.41, 5.74) is 10.6. The van der Waals surface area contributed by atoms with Crippen molar-refractivity contribution in [3.05, 3.63) is 84.5 Å². The average Bonchev–Trinajstić information content (AvgIpc) is 2.93. The second-order valence-electron chi connectivity index (χ2n) is 8.58. The minimum absolute atomic E-state index is 0.213. The van der Waals surface area contributed by atoms with Gasteiger partial charge < -0.3 is 26.0 Å². The van der Waals surface area contributed by atoms with Gasteiger partial charge in [-0.05, 0) is 49.8 Å². The molecule has 0 spiro atoms. The maximum Gasteiger partial charge on any atom is 0.142 e. The van der Waals surface area contributed by atoms with Gasteiger partial charge in [0.05, 0.1) is 37.0 Å². The summed E-state index contributed by atoms with van der Waals surface area (Å²) >= 11 is 0. The van der Waals surface area contributed by atoms with Crippen LogP contribution in [-0.2, 0) is 6.42 Å². The predicted molar refractivity (Wildman–Crippen MR) is 159 cm³/mol. The fourth-order valence-corrected chi connectivity index (χ4v) is 3.95. The first-order valence-corrected chi connectivity index (χ1v) is 12.3. The molecule has 1 heterocycles. The van der Waals surface area contributed by atoms with E-state index in [1.165, 1.54) is 6.20 Å². The van der Waals surface area contributed by atoms with Gasteiger partial charge in [-0.25, -0.2) is 4.99 Å². The van der Waals surface area contributed by atoms with E-state index in [-0.39, 0.29) is 12.7 Å². The number of nitrogens with one attached hydrogen (secondary N) is 2. The van der Waals surface area contributed by atoms with E-state index in [1.54, 1.807) is 31.7 Å². The van der Waals surface area contributed by atoms with E-state index in [0.29, 0.717) is 29.3 Å². The molecule has 1 fully saturated rings. The first-order valence-electron chi connectivity index (χ1n) is 12.3. The molecule has 4 N–H and O–H groups in total. The minimum Gasteiger partial charge on any atom is -0.495 e. The van der Waals surface area contributed by atoms with Crippen molar-refractivity contribution in [2.45, 2.75) is 32.2 Å². The molecule has 200 valence electrons. The van der Waals surface area contributed by atoms with Gasteiger partial charge in [0.1, 0.15) is 18.3 Å². The van der Waals surface area contributed by atoms with Crippen LogP contribution in [0.25, 0.3) is 0 Å². The van der Waals surface area contributed by atoms with Crippen LogP contribution < -0.4 is 21.1 Å². The number of nitrogens with two attached hydrogens (primary N) is 1. The number of hydrogen-bond donors (Lipinski definition) is 3. The molecule has 1 aliphatic heterocycles. The number of nitrogens with zero attached hydrogens (tertiary/aromatic N) is 5. The molecule has 0 atom stereocenters. The molecule has 38 heavy (non-hydrogen) atoms. The highest BCUT2D eigenvalue weighted by molar-refractivity contribution is 6.10. The van der Waals surface area contributed by atoms with Gasteiger partial charge in [0, 0.05) is 43.0 Å². The topological polar surface area (TPSA) is 123 Å². The lowest BCUT2D eigenvalue weighted by Gasteiger charge is -2.32. The van der Waals surface area contributed by atoms with Gasteiger partial charge in [-0.1, -0.05) is 31.9 Å². The molecular formula is C29H38N8O. The van der Waals surface area contributed by atoms with E-state index in [2.05, 4.69) is 58.0 Å². The molecule has 9 nitrogen and oxygen atoms in total. The first-order chi connectivity index (χ1) is 18.4. The summed E-state index contributed by atoms with van der Waals surface area (Å²) in [6.45, 7) is 19.2. The number of nitriles is 1. The van der Waals surface area contributed by atoms with Crippen LogP contribution >= 0.6 is 0 Å². The number of likely N-dealkylation sites (tertiary alicyclic amines) is 1. The van der Waals surface area contributed by atoms with E-state index in [9.17, 15) is 0 Å². The normalized spacial score (nSPS) is 15.1. The fourth-order valence-electron chi connectivity index (χ4n) is 3.95. The summed E-state index contributed by atoms with van der Waals surface area (Å²) in [7, 11) is 1.58. The summed E-state index contributed by atoms with van der Waals surface area (Å²) < 4.78 is 5.58. The van der Waals surface area contributed by atoms with Crippen molar-refractivity contribution in [2.75, 3.05) is 32.2 Å². The number of aliphatic imine (C=N–C) groups is 3. The van der Waals surface area contributed by atoms with Crippen molar-refractivity contribution >= 4 is 24.5 Å². The van der Waals surface area contributed by atoms with Gasteiger partial charge in [-0.2, -0.15) is 5.26 Å². The van der Waals surface area contributed by atoms with Crippen LogP contribution in [-0.4, -0.2) is 56.6 Å². The Bertz CT molecular complexity index is 1180. The van der Waals surface area contributed by atoms with Crippen molar-refractivity contribution in [3.63, 3.8) is 0 Å². The average molecular weight is 515 g/mol. The van der Waals surface area contributed by atoms with E-state index in [0.717, 1.165) is 48.4 Å². The number of hydrogen-bond acceptors (Lipinski definition) is 8. The van der Waals surface area contributed by atoms with Gasteiger partial charge in [0.25, 0.3) is 0 Å². The van der Waals surface area contributed by atoms with Crippen LogP contribution in [0.15, 0.2) is 88.4 Å². The third-order valence-corrected chi connectivity index (χ3v) is 6.06. The van der Waals surface area contributed by atoms with Crippen molar-refractivity contribution in [3.8, 4) is 11.8 Å².